The van der Waals surface area contributed by atoms with Crippen LogP contribution in [0.3, 0.4) is 0 Å². The summed E-state index contributed by atoms with van der Waals surface area (Å²) in [7, 11) is 0. The van der Waals surface area contributed by atoms with Crippen molar-refractivity contribution < 1.29 is 4.79 Å². The van der Waals surface area contributed by atoms with Crippen LogP contribution < -0.4 is 5.32 Å². The van der Waals surface area contributed by atoms with Crippen molar-refractivity contribution in [2.45, 2.75) is 45.4 Å². The molecule has 1 N–H and O–H groups in total. The van der Waals surface area contributed by atoms with E-state index in [1.807, 2.05) is 13.8 Å². The zero-order valence-corrected chi connectivity index (χ0v) is 11.2. The van der Waals surface area contributed by atoms with Crippen LogP contribution in [0.15, 0.2) is 0 Å². The Morgan fingerprint density at radius 1 is 1.29 bits per heavy atom. The molecule has 0 aromatic rings. The summed E-state index contributed by atoms with van der Waals surface area (Å²) in [5, 5.41) is 2.95. The lowest BCUT2D eigenvalue weighted by Gasteiger charge is -2.20. The minimum atomic E-state index is 0.0800. The Balaban J connectivity index is 3.83. The number of hydrogen-bond donors (Lipinski definition) is 1. The number of carbonyl (C=O) groups excluding carboxylic acids is 1. The molecule has 84 valence electrons. The number of carbonyl (C=O) groups is 1. The molecule has 0 aliphatic heterocycles. The van der Waals surface area contributed by atoms with Gasteiger partial charge < -0.3 is 5.32 Å². The molecule has 0 aliphatic carbocycles. The van der Waals surface area contributed by atoms with E-state index >= 15 is 0 Å². The minimum Gasteiger partial charge on any atom is -0.355 e. The first-order valence-corrected chi connectivity index (χ1v) is 6.36. The summed E-state index contributed by atoms with van der Waals surface area (Å²) in [4.78, 5) is 11.7. The van der Waals surface area contributed by atoms with Gasteiger partial charge in [-0.15, -0.1) is 0 Å². The Morgan fingerprint density at radius 2 is 1.79 bits per heavy atom. The fraction of sp³-hybridized carbons (Fsp3) is 0.909. The second-order valence-electron chi connectivity index (χ2n) is 3.99. The summed E-state index contributed by atoms with van der Waals surface area (Å²) in [6.45, 7) is 8.94. The molecule has 0 aromatic heterocycles. The molecular weight excluding hydrogens is 242 g/mol. The lowest BCUT2D eigenvalue weighted by molar-refractivity contribution is -0.123. The largest absolute Gasteiger partial charge is 0.355 e. The van der Waals surface area contributed by atoms with Crippen molar-refractivity contribution >= 4 is 21.8 Å². The Hall–Kier alpha value is -0.0500. The average Bonchev–Trinajstić information content (AvgIpc) is 2.15. The molecule has 0 bridgehead atoms. The quantitative estimate of drug-likeness (QED) is 0.734. The fourth-order valence-electron chi connectivity index (χ4n) is 1.37. The van der Waals surface area contributed by atoms with Gasteiger partial charge in [-0.25, -0.2) is 0 Å². The molecule has 0 heterocycles. The molecule has 0 spiro atoms. The van der Waals surface area contributed by atoms with Gasteiger partial charge in [0.05, 0.1) is 0 Å². The Kier molecular flexibility index (Phi) is 7.24. The van der Waals surface area contributed by atoms with E-state index in [2.05, 4.69) is 35.1 Å². The third-order valence-electron chi connectivity index (χ3n) is 2.56. The molecule has 0 aliphatic rings. The summed E-state index contributed by atoms with van der Waals surface area (Å²) in [5.74, 6) is 0.874. The van der Waals surface area contributed by atoms with Crippen LogP contribution in [0, 0.1) is 11.8 Å². The Bertz CT molecular complexity index is 167. The highest BCUT2D eigenvalue weighted by atomic mass is 79.9. The first-order valence-electron chi connectivity index (χ1n) is 5.44. The van der Waals surface area contributed by atoms with Gasteiger partial charge in [0.1, 0.15) is 0 Å². The van der Waals surface area contributed by atoms with Crippen LogP contribution >= 0.6 is 15.9 Å². The minimum absolute atomic E-state index is 0.0800. The van der Waals surface area contributed by atoms with E-state index < -0.39 is 0 Å². The van der Waals surface area contributed by atoms with Crippen LogP contribution in [0.2, 0.25) is 0 Å². The second kappa shape index (κ2) is 7.27. The highest BCUT2D eigenvalue weighted by Gasteiger charge is 2.16. The molecule has 2 nitrogen and oxygen atoms in total. The van der Waals surface area contributed by atoms with E-state index in [-0.39, 0.29) is 11.8 Å². The summed E-state index contributed by atoms with van der Waals surface area (Å²) >= 11 is 3.63. The number of halogens is 1. The van der Waals surface area contributed by atoms with E-state index in [4.69, 9.17) is 0 Å². The van der Waals surface area contributed by atoms with E-state index in [0.29, 0.717) is 10.7 Å². The monoisotopic (exact) mass is 263 g/mol. The predicted octanol–water partition coefficient (Wildman–Crippen LogP) is 2.96. The molecule has 0 aromatic carbocycles. The molecule has 14 heavy (non-hydrogen) atoms. The second-order valence-corrected chi connectivity index (χ2v) is 5.17. The van der Waals surface area contributed by atoms with Gasteiger partial charge in [0.15, 0.2) is 0 Å². The van der Waals surface area contributed by atoms with Crippen molar-refractivity contribution in [1.82, 2.24) is 5.32 Å². The maximum absolute atomic E-state index is 11.3. The molecular formula is C11H22BrNO. The Morgan fingerprint density at radius 3 is 2.14 bits per heavy atom. The summed E-state index contributed by atoms with van der Waals surface area (Å²) < 4.78 is 0. The summed E-state index contributed by atoms with van der Waals surface area (Å²) in [6.07, 6.45) is 2.31. The van der Waals surface area contributed by atoms with E-state index in [9.17, 15) is 4.79 Å². The van der Waals surface area contributed by atoms with Gasteiger partial charge >= 0.3 is 0 Å². The average molecular weight is 264 g/mol. The standard InChI is InChI=1S/C11H22BrNO/c1-5-9(6-2)10(12)7-13-11(14)8(3)4/h8-10H,5-7H2,1-4H3,(H,13,14). The molecule has 0 rings (SSSR count). The first-order chi connectivity index (χ1) is 6.52. The SMILES string of the molecule is CCC(CC)C(Br)CNC(=O)C(C)C. The fourth-order valence-corrected chi connectivity index (χ4v) is 2.28. The van der Waals surface area contributed by atoms with E-state index in [1.54, 1.807) is 0 Å². The smallest absolute Gasteiger partial charge is 0.222 e. The first kappa shape index (κ1) is 13.9. The van der Waals surface area contributed by atoms with E-state index in [1.165, 1.54) is 0 Å². The molecule has 0 radical (unpaired) electrons. The maximum atomic E-state index is 11.3. The van der Waals surface area contributed by atoms with Crippen LogP contribution in [0.5, 0.6) is 0 Å². The molecule has 1 unspecified atom stereocenters. The van der Waals surface area contributed by atoms with Gasteiger partial charge in [-0.1, -0.05) is 56.5 Å². The Labute approximate surface area is 96.0 Å². The predicted molar refractivity (Wildman–Crippen MR) is 64.6 cm³/mol. The van der Waals surface area contributed by atoms with Gasteiger partial charge in [-0.2, -0.15) is 0 Å². The van der Waals surface area contributed by atoms with Crippen LogP contribution in [-0.4, -0.2) is 17.3 Å². The van der Waals surface area contributed by atoms with Crippen molar-refractivity contribution in [3.8, 4) is 0 Å². The van der Waals surface area contributed by atoms with Gasteiger partial charge in [-0.3, -0.25) is 4.79 Å². The van der Waals surface area contributed by atoms with Crippen molar-refractivity contribution in [3.63, 3.8) is 0 Å². The molecule has 0 saturated carbocycles. The highest BCUT2D eigenvalue weighted by Crippen LogP contribution is 2.19. The number of amides is 1. The molecule has 3 heteroatoms. The molecule has 0 fully saturated rings. The van der Waals surface area contributed by atoms with Gasteiger partial charge in [0, 0.05) is 17.3 Å². The molecule has 1 amide bonds. The zero-order chi connectivity index (χ0) is 11.1. The van der Waals surface area contributed by atoms with Crippen LogP contribution in [0.25, 0.3) is 0 Å². The van der Waals surface area contributed by atoms with Gasteiger partial charge in [0.2, 0.25) is 5.91 Å². The van der Waals surface area contributed by atoms with Crippen molar-refractivity contribution in [1.29, 1.82) is 0 Å². The van der Waals surface area contributed by atoms with Crippen LogP contribution in [0.1, 0.15) is 40.5 Å². The van der Waals surface area contributed by atoms with Gasteiger partial charge in [-0.05, 0) is 5.92 Å². The lowest BCUT2D eigenvalue weighted by atomic mass is 9.99. The third kappa shape index (κ3) is 4.99. The number of nitrogens with one attached hydrogen (secondary N) is 1. The third-order valence-corrected chi connectivity index (χ3v) is 3.63. The zero-order valence-electron chi connectivity index (χ0n) is 9.64. The van der Waals surface area contributed by atoms with Crippen LogP contribution in [-0.2, 0) is 4.79 Å². The van der Waals surface area contributed by atoms with Crippen LogP contribution in [0.4, 0.5) is 0 Å². The van der Waals surface area contributed by atoms with Crippen molar-refractivity contribution in [2.24, 2.45) is 11.8 Å². The highest BCUT2D eigenvalue weighted by molar-refractivity contribution is 9.09. The van der Waals surface area contributed by atoms with E-state index in [0.717, 1.165) is 19.4 Å². The number of alkyl halides is 1. The maximum Gasteiger partial charge on any atom is 0.222 e. The molecule has 0 saturated heterocycles. The normalized spacial score (nSPS) is 13.4. The lowest BCUT2D eigenvalue weighted by Crippen LogP contribution is -2.35. The molecule has 1 atom stereocenters. The summed E-state index contributed by atoms with van der Waals surface area (Å²) in [6, 6.07) is 0. The van der Waals surface area contributed by atoms with Crippen molar-refractivity contribution in [3.05, 3.63) is 0 Å². The number of hydrogen-bond acceptors (Lipinski definition) is 1. The summed E-state index contributed by atoms with van der Waals surface area (Å²) in [5.41, 5.74) is 0. The number of rotatable bonds is 6. The topological polar surface area (TPSA) is 29.1 Å². The van der Waals surface area contributed by atoms with Crippen molar-refractivity contribution in [2.75, 3.05) is 6.54 Å². The van der Waals surface area contributed by atoms with Gasteiger partial charge in [0.25, 0.3) is 0 Å².